The Bertz CT molecular complexity index is 1170. The van der Waals surface area contributed by atoms with Crippen LogP contribution in [-0.2, 0) is 21.9 Å². The number of nitrogens with zero attached hydrogens (tertiary/aromatic N) is 2. The van der Waals surface area contributed by atoms with E-state index in [-0.39, 0.29) is 29.6 Å². The van der Waals surface area contributed by atoms with Crippen LogP contribution in [0.5, 0.6) is 0 Å². The van der Waals surface area contributed by atoms with Crippen LogP contribution in [0.15, 0.2) is 59.8 Å². The molecule has 0 saturated carbocycles. The number of nitrogens with one attached hydrogen (secondary N) is 2. The van der Waals surface area contributed by atoms with Crippen LogP contribution < -0.4 is 10.0 Å². The molecule has 0 radical (unpaired) electrons. The lowest BCUT2D eigenvalue weighted by Crippen LogP contribution is -2.34. The van der Waals surface area contributed by atoms with E-state index in [2.05, 4.69) is 15.0 Å². The first kappa shape index (κ1) is 22.6. The highest BCUT2D eigenvalue weighted by Gasteiger charge is 2.21. The molecule has 1 aromatic heterocycles. The van der Waals surface area contributed by atoms with Crippen molar-refractivity contribution in [3.63, 3.8) is 0 Å². The van der Waals surface area contributed by atoms with Crippen molar-refractivity contribution >= 4 is 15.9 Å². The van der Waals surface area contributed by atoms with Gasteiger partial charge in [0.1, 0.15) is 17.7 Å². The molecule has 1 unspecified atom stereocenters. The summed E-state index contributed by atoms with van der Waals surface area (Å²) in [5.41, 5.74) is 2.54. The van der Waals surface area contributed by atoms with Gasteiger partial charge in [0.15, 0.2) is 0 Å². The van der Waals surface area contributed by atoms with Gasteiger partial charge in [-0.15, -0.1) is 0 Å². The molecule has 0 bridgehead atoms. The number of benzene rings is 2. The standard InChI is InChI=1S/C22H25FN4O3S/c1-15-4-9-19(14-16(15)2)31(29,30)25-11-10-20(28)26-21(22-24-12-13-27(22)3)17-5-7-18(23)8-6-17/h4-9,12-14,21,25H,10-11H2,1-3H3,(H,26,28). The molecule has 0 saturated heterocycles. The molecule has 31 heavy (non-hydrogen) atoms. The molecule has 0 aliphatic rings. The van der Waals surface area contributed by atoms with Crippen LogP contribution in [0.1, 0.15) is 35.0 Å². The van der Waals surface area contributed by atoms with Crippen molar-refractivity contribution in [2.24, 2.45) is 7.05 Å². The molecule has 9 heteroatoms. The quantitative estimate of drug-likeness (QED) is 0.559. The van der Waals surface area contributed by atoms with Gasteiger partial charge in [0.2, 0.25) is 15.9 Å². The van der Waals surface area contributed by atoms with Gasteiger partial charge in [-0.25, -0.2) is 22.5 Å². The summed E-state index contributed by atoms with van der Waals surface area (Å²) < 4.78 is 42.5. The number of halogens is 1. The third-order valence-electron chi connectivity index (χ3n) is 5.06. The topological polar surface area (TPSA) is 93.1 Å². The summed E-state index contributed by atoms with van der Waals surface area (Å²) >= 11 is 0. The third-order valence-corrected chi connectivity index (χ3v) is 6.52. The molecule has 0 aliphatic heterocycles. The second-order valence-electron chi connectivity index (χ2n) is 7.34. The lowest BCUT2D eigenvalue weighted by Gasteiger charge is -2.19. The second-order valence-corrected chi connectivity index (χ2v) is 9.11. The van der Waals surface area contributed by atoms with Crippen LogP contribution in [0, 0.1) is 19.7 Å². The van der Waals surface area contributed by atoms with Crippen molar-refractivity contribution in [1.82, 2.24) is 19.6 Å². The highest BCUT2D eigenvalue weighted by atomic mass is 32.2. The molecule has 0 spiro atoms. The molecular weight excluding hydrogens is 419 g/mol. The van der Waals surface area contributed by atoms with E-state index in [9.17, 15) is 17.6 Å². The Hall–Kier alpha value is -3.04. The Kier molecular flexibility index (Phi) is 6.87. The number of imidazole rings is 1. The van der Waals surface area contributed by atoms with Gasteiger partial charge in [0.05, 0.1) is 4.90 Å². The van der Waals surface area contributed by atoms with Crippen LogP contribution in [0.3, 0.4) is 0 Å². The van der Waals surface area contributed by atoms with E-state index >= 15 is 0 Å². The van der Waals surface area contributed by atoms with Crippen molar-refractivity contribution in [3.8, 4) is 0 Å². The van der Waals surface area contributed by atoms with Crippen LogP contribution in [0.25, 0.3) is 0 Å². The maximum atomic E-state index is 13.3. The van der Waals surface area contributed by atoms with Crippen molar-refractivity contribution in [2.45, 2.75) is 31.2 Å². The molecule has 3 aromatic rings. The van der Waals surface area contributed by atoms with E-state index in [1.807, 2.05) is 13.8 Å². The Morgan fingerprint density at radius 1 is 1.13 bits per heavy atom. The maximum absolute atomic E-state index is 13.3. The van der Waals surface area contributed by atoms with Crippen molar-refractivity contribution in [1.29, 1.82) is 0 Å². The predicted octanol–water partition coefficient (Wildman–Crippen LogP) is 2.75. The van der Waals surface area contributed by atoms with Crippen LogP contribution in [-0.4, -0.2) is 30.4 Å². The van der Waals surface area contributed by atoms with Crippen LogP contribution >= 0.6 is 0 Å². The third kappa shape index (κ3) is 5.56. The number of amides is 1. The number of sulfonamides is 1. The number of carbonyl (C=O) groups excluding carboxylic acids is 1. The first-order valence-corrected chi connectivity index (χ1v) is 11.2. The van der Waals surface area contributed by atoms with Crippen molar-refractivity contribution in [3.05, 3.63) is 83.2 Å². The van der Waals surface area contributed by atoms with Crippen molar-refractivity contribution < 1.29 is 17.6 Å². The van der Waals surface area contributed by atoms with Gasteiger partial charge in [0.25, 0.3) is 0 Å². The van der Waals surface area contributed by atoms with Crippen molar-refractivity contribution in [2.75, 3.05) is 6.54 Å². The Morgan fingerprint density at radius 3 is 2.45 bits per heavy atom. The normalized spacial score (nSPS) is 12.5. The summed E-state index contributed by atoms with van der Waals surface area (Å²) in [6.07, 6.45) is 3.29. The fraction of sp³-hybridized carbons (Fsp3) is 0.273. The first-order chi connectivity index (χ1) is 14.7. The average Bonchev–Trinajstić information content (AvgIpc) is 3.14. The highest BCUT2D eigenvalue weighted by Crippen LogP contribution is 2.21. The zero-order valence-corrected chi connectivity index (χ0v) is 18.4. The minimum Gasteiger partial charge on any atom is -0.342 e. The molecule has 0 fully saturated rings. The number of hydrogen-bond donors (Lipinski definition) is 2. The van der Waals surface area contributed by atoms with Gasteiger partial charge in [-0.1, -0.05) is 18.2 Å². The highest BCUT2D eigenvalue weighted by molar-refractivity contribution is 7.89. The van der Waals surface area contributed by atoms with Gasteiger partial charge in [-0.05, 0) is 54.8 Å². The lowest BCUT2D eigenvalue weighted by molar-refractivity contribution is -0.121. The molecule has 2 aromatic carbocycles. The summed E-state index contributed by atoms with van der Waals surface area (Å²) in [7, 11) is -1.92. The molecule has 164 valence electrons. The van der Waals surface area contributed by atoms with E-state index in [1.165, 1.54) is 18.2 Å². The second kappa shape index (κ2) is 9.40. The molecule has 1 atom stereocenters. The van der Waals surface area contributed by atoms with Gasteiger partial charge in [-0.3, -0.25) is 4.79 Å². The SMILES string of the molecule is Cc1ccc(S(=O)(=O)NCCC(=O)NC(c2ccc(F)cc2)c2nccn2C)cc1C. The lowest BCUT2D eigenvalue weighted by atomic mass is 10.1. The molecule has 2 N–H and O–H groups in total. The van der Waals surface area contributed by atoms with Crippen LogP contribution in [0.4, 0.5) is 4.39 Å². The fourth-order valence-electron chi connectivity index (χ4n) is 3.10. The minimum absolute atomic E-state index is 0.0577. The number of hydrogen-bond acceptors (Lipinski definition) is 4. The van der Waals surface area contributed by atoms with E-state index in [1.54, 1.807) is 48.3 Å². The fourth-order valence-corrected chi connectivity index (χ4v) is 4.22. The molecular formula is C22H25FN4O3S. The van der Waals surface area contributed by atoms with Gasteiger partial charge in [-0.2, -0.15) is 0 Å². The molecule has 0 aliphatic carbocycles. The van der Waals surface area contributed by atoms with Gasteiger partial charge < -0.3 is 9.88 Å². The number of carbonyl (C=O) groups is 1. The predicted molar refractivity (Wildman–Crippen MR) is 115 cm³/mol. The molecule has 7 nitrogen and oxygen atoms in total. The first-order valence-electron chi connectivity index (χ1n) is 9.76. The largest absolute Gasteiger partial charge is 0.342 e. The maximum Gasteiger partial charge on any atom is 0.240 e. The number of rotatable bonds is 8. The van der Waals surface area contributed by atoms with Gasteiger partial charge in [0, 0.05) is 32.4 Å². The average molecular weight is 445 g/mol. The summed E-state index contributed by atoms with van der Waals surface area (Å²) in [5.74, 6) is -0.162. The van der Waals surface area contributed by atoms with E-state index in [4.69, 9.17) is 0 Å². The van der Waals surface area contributed by atoms with Gasteiger partial charge >= 0.3 is 0 Å². The zero-order valence-electron chi connectivity index (χ0n) is 17.6. The van der Waals surface area contributed by atoms with E-state index in [0.717, 1.165) is 11.1 Å². The number of aryl methyl sites for hydroxylation is 3. The molecule has 1 amide bonds. The Balaban J connectivity index is 1.66. The Labute approximate surface area is 181 Å². The van der Waals surface area contributed by atoms with E-state index in [0.29, 0.717) is 11.4 Å². The summed E-state index contributed by atoms with van der Waals surface area (Å²) in [5, 5.41) is 2.86. The molecule has 3 rings (SSSR count). The minimum atomic E-state index is -3.72. The van der Waals surface area contributed by atoms with Crippen LogP contribution in [0.2, 0.25) is 0 Å². The Morgan fingerprint density at radius 2 is 1.84 bits per heavy atom. The number of aromatic nitrogens is 2. The summed E-state index contributed by atoms with van der Waals surface area (Å²) in [6.45, 7) is 3.69. The molecule has 1 heterocycles. The monoisotopic (exact) mass is 444 g/mol. The zero-order chi connectivity index (χ0) is 22.6. The summed E-state index contributed by atoms with van der Waals surface area (Å²) in [6, 6.07) is 10.1. The van der Waals surface area contributed by atoms with E-state index < -0.39 is 16.1 Å². The summed E-state index contributed by atoms with van der Waals surface area (Å²) in [4.78, 5) is 17.0. The smallest absolute Gasteiger partial charge is 0.240 e.